The monoisotopic (exact) mass is 758 g/mol. The second-order valence-corrected chi connectivity index (χ2v) is 21.3. The van der Waals surface area contributed by atoms with Gasteiger partial charge < -0.3 is 28.4 Å². The first kappa shape index (κ1) is 36.8. The van der Waals surface area contributed by atoms with Crippen LogP contribution in [0.2, 0.25) is 0 Å². The molecule has 6 aromatic rings. The molecule has 0 atom stereocenters. The van der Waals surface area contributed by atoms with Gasteiger partial charge in [0.1, 0.15) is 8.80 Å². The Morgan fingerprint density at radius 1 is 0.327 bits per heavy atom. The SMILES string of the molecule is COc1cccc([SiH2]c2ccc([SiH](c3ccc([SiH2]c4cccc(OC)c4OC)cc3)c3ccc([SiH2]c4cccc(OC)c4OC)cc3)cc2)c1OC. The van der Waals surface area contributed by atoms with E-state index in [4.69, 9.17) is 28.4 Å². The van der Waals surface area contributed by atoms with Crippen molar-refractivity contribution in [3.8, 4) is 34.5 Å². The summed E-state index contributed by atoms with van der Waals surface area (Å²) in [5.41, 5.74) is 0. The molecule has 0 fully saturated rings. The fourth-order valence-electron chi connectivity index (χ4n) is 7.00. The van der Waals surface area contributed by atoms with Crippen LogP contribution in [0.25, 0.3) is 0 Å². The predicted octanol–water partition coefficient (Wildman–Crippen LogP) is -0.654. The molecule has 0 aliphatic carbocycles. The molecule has 0 bridgehead atoms. The van der Waals surface area contributed by atoms with Crippen LogP contribution >= 0.6 is 0 Å². The van der Waals surface area contributed by atoms with E-state index < -0.39 is 37.4 Å². The van der Waals surface area contributed by atoms with Crippen LogP contribution in [0.15, 0.2) is 127 Å². The molecule has 266 valence electrons. The summed E-state index contributed by atoms with van der Waals surface area (Å²) < 4.78 is 34.0. The Hall–Kier alpha value is -5.01. The second kappa shape index (κ2) is 17.5. The van der Waals surface area contributed by atoms with Crippen LogP contribution in [0.5, 0.6) is 34.5 Å². The Morgan fingerprint density at radius 3 is 0.827 bits per heavy atom. The molecule has 52 heavy (non-hydrogen) atoms. The number of hydrogen-bond acceptors (Lipinski definition) is 6. The van der Waals surface area contributed by atoms with E-state index in [2.05, 4.69) is 109 Å². The fraction of sp³-hybridized carbons (Fsp3) is 0.143. The third-order valence-corrected chi connectivity index (χ3v) is 18.2. The van der Waals surface area contributed by atoms with Crippen LogP contribution in [-0.4, -0.2) is 80.0 Å². The highest BCUT2D eigenvalue weighted by atomic mass is 28.3. The zero-order valence-corrected chi connectivity index (χ0v) is 36.2. The highest BCUT2D eigenvalue weighted by Gasteiger charge is 2.21. The van der Waals surface area contributed by atoms with E-state index in [0.717, 1.165) is 34.5 Å². The van der Waals surface area contributed by atoms with Crippen LogP contribution in [0, 0.1) is 0 Å². The van der Waals surface area contributed by atoms with Crippen LogP contribution in [0.4, 0.5) is 0 Å². The maximum atomic E-state index is 5.76. The summed E-state index contributed by atoms with van der Waals surface area (Å²) in [6.07, 6.45) is 0. The third-order valence-electron chi connectivity index (χ3n) is 9.58. The molecule has 0 aromatic heterocycles. The molecule has 0 aliphatic rings. The van der Waals surface area contributed by atoms with Crippen LogP contribution in [-0.2, 0) is 0 Å². The smallest absolute Gasteiger partial charge is 0.160 e. The largest absolute Gasteiger partial charge is 0.493 e. The van der Waals surface area contributed by atoms with Crippen LogP contribution in [0.3, 0.4) is 0 Å². The van der Waals surface area contributed by atoms with Gasteiger partial charge in [0.05, 0.1) is 71.2 Å². The first-order valence-electron chi connectivity index (χ1n) is 17.4. The van der Waals surface area contributed by atoms with Crippen molar-refractivity contribution in [2.45, 2.75) is 0 Å². The lowest BCUT2D eigenvalue weighted by Crippen LogP contribution is -2.53. The molecule has 0 unspecified atom stereocenters. The van der Waals surface area contributed by atoms with Crippen LogP contribution in [0.1, 0.15) is 0 Å². The van der Waals surface area contributed by atoms with E-state index in [0.29, 0.717) is 0 Å². The van der Waals surface area contributed by atoms with Crippen molar-refractivity contribution >= 4 is 84.0 Å². The molecule has 6 nitrogen and oxygen atoms in total. The molecule has 0 heterocycles. The first-order chi connectivity index (χ1) is 25.5. The van der Waals surface area contributed by atoms with Crippen molar-refractivity contribution in [1.29, 1.82) is 0 Å². The van der Waals surface area contributed by atoms with E-state index in [9.17, 15) is 0 Å². The van der Waals surface area contributed by atoms with Crippen molar-refractivity contribution in [3.63, 3.8) is 0 Å². The zero-order chi connectivity index (χ0) is 36.5. The molecule has 6 aromatic carbocycles. The fourth-order valence-corrected chi connectivity index (χ4v) is 14.8. The molecule has 0 saturated heterocycles. The molecule has 0 radical (unpaired) electrons. The van der Waals surface area contributed by atoms with Gasteiger partial charge >= 0.3 is 0 Å². The quantitative estimate of drug-likeness (QED) is 0.103. The summed E-state index contributed by atoms with van der Waals surface area (Å²) in [6.45, 7) is 0. The third kappa shape index (κ3) is 8.21. The minimum Gasteiger partial charge on any atom is -0.493 e. The summed E-state index contributed by atoms with van der Waals surface area (Å²) in [4.78, 5) is 0. The van der Waals surface area contributed by atoms with E-state index >= 15 is 0 Å². The van der Waals surface area contributed by atoms with Gasteiger partial charge in [-0.2, -0.15) is 0 Å². The molecule has 6 rings (SSSR count). The lowest BCUT2D eigenvalue weighted by atomic mass is 10.3. The van der Waals surface area contributed by atoms with E-state index in [1.807, 2.05) is 18.2 Å². The summed E-state index contributed by atoms with van der Waals surface area (Å²) in [5.74, 6) is 4.88. The summed E-state index contributed by atoms with van der Waals surface area (Å²) in [7, 11) is 6.10. The second-order valence-electron chi connectivity index (χ2n) is 12.6. The lowest BCUT2D eigenvalue weighted by molar-refractivity contribution is 0.357. The number of rotatable bonds is 15. The minimum atomic E-state index is -1.80. The topological polar surface area (TPSA) is 55.4 Å². The van der Waals surface area contributed by atoms with Gasteiger partial charge in [0.15, 0.2) is 34.5 Å². The standard InChI is InChI=1S/C42H46O6Si4/c1-43-34-10-7-13-37(40(34)46-4)49-28-16-22-31(23-17-28)52(32-24-18-29(19-25-32)50-38-14-8-11-35(44-2)41(38)47-5)33-26-20-30(21-27-33)51-39-15-9-12-36(45-3)42(39)48-6/h7-27,52H,49-51H2,1-6H3. The number of benzene rings is 6. The maximum Gasteiger partial charge on any atom is 0.160 e. The van der Waals surface area contributed by atoms with Crippen LogP contribution < -0.4 is 75.1 Å². The summed E-state index contributed by atoms with van der Waals surface area (Å²) in [5, 5.41) is 12.0. The van der Waals surface area contributed by atoms with Gasteiger partial charge in [0.2, 0.25) is 0 Å². The van der Waals surface area contributed by atoms with Crippen molar-refractivity contribution in [3.05, 3.63) is 127 Å². The molecule has 0 spiro atoms. The Morgan fingerprint density at radius 2 is 0.596 bits per heavy atom. The van der Waals surface area contributed by atoms with Gasteiger partial charge in [-0.05, 0) is 33.8 Å². The van der Waals surface area contributed by atoms with Crippen molar-refractivity contribution < 1.29 is 28.4 Å². The van der Waals surface area contributed by atoms with Gasteiger partial charge in [-0.1, -0.05) is 140 Å². The zero-order valence-electron chi connectivity index (χ0n) is 30.8. The highest BCUT2D eigenvalue weighted by molar-refractivity contribution is 6.95. The Kier molecular flexibility index (Phi) is 12.4. The maximum absolute atomic E-state index is 5.76. The number of methoxy groups -OCH3 is 6. The Bertz CT molecular complexity index is 1850. The summed E-state index contributed by atoms with van der Waals surface area (Å²) >= 11 is 0. The molecular weight excluding hydrogens is 713 g/mol. The van der Waals surface area contributed by atoms with Gasteiger partial charge in [-0.3, -0.25) is 0 Å². The number of ether oxygens (including phenoxy) is 6. The van der Waals surface area contributed by atoms with Crippen molar-refractivity contribution in [2.75, 3.05) is 42.7 Å². The minimum absolute atomic E-state index is 0.779. The molecule has 10 heteroatoms. The van der Waals surface area contributed by atoms with Crippen molar-refractivity contribution in [2.24, 2.45) is 0 Å². The molecule has 0 saturated carbocycles. The average Bonchev–Trinajstić information content (AvgIpc) is 3.19. The van der Waals surface area contributed by atoms with Crippen molar-refractivity contribution in [1.82, 2.24) is 0 Å². The Balaban J connectivity index is 1.32. The van der Waals surface area contributed by atoms with E-state index in [1.54, 1.807) is 42.7 Å². The molecular formula is C42H46O6Si4. The number of para-hydroxylation sites is 3. The van der Waals surface area contributed by atoms with Gasteiger partial charge in [-0.25, -0.2) is 0 Å². The van der Waals surface area contributed by atoms with E-state index in [1.165, 1.54) is 46.7 Å². The Labute approximate surface area is 315 Å². The molecule has 0 amide bonds. The lowest BCUT2D eigenvalue weighted by Gasteiger charge is -2.19. The number of hydrogen-bond donors (Lipinski definition) is 0. The van der Waals surface area contributed by atoms with Gasteiger partial charge in [0, 0.05) is 0 Å². The first-order valence-corrected chi connectivity index (χ1v) is 23.3. The summed E-state index contributed by atoms with van der Waals surface area (Å²) in [6, 6.07) is 46.6. The molecule has 0 aliphatic heterocycles. The van der Waals surface area contributed by atoms with E-state index in [-0.39, 0.29) is 0 Å². The van der Waals surface area contributed by atoms with Gasteiger partial charge in [0.25, 0.3) is 0 Å². The average molecular weight is 759 g/mol. The molecule has 0 N–H and O–H groups in total. The highest BCUT2D eigenvalue weighted by Crippen LogP contribution is 2.25. The normalized spacial score (nSPS) is 12.1. The predicted molar refractivity (Wildman–Crippen MR) is 227 cm³/mol. The van der Waals surface area contributed by atoms with Gasteiger partial charge in [-0.15, -0.1) is 0 Å².